The summed E-state index contributed by atoms with van der Waals surface area (Å²) in [6, 6.07) is 10.2. The summed E-state index contributed by atoms with van der Waals surface area (Å²) >= 11 is 0. The van der Waals surface area contributed by atoms with Crippen LogP contribution in [0.5, 0.6) is 0 Å². The molecule has 2 aromatic rings. The molecule has 32 heavy (non-hydrogen) atoms. The maximum atomic E-state index is 13.1. The lowest BCUT2D eigenvalue weighted by atomic mass is 9.49. The topological polar surface area (TPSA) is 76.0 Å². The Bertz CT molecular complexity index is 975. The first-order valence-electron chi connectivity index (χ1n) is 12.0. The fraction of sp³-hybridized carbons (Fsp3) is 0.577. The predicted molar refractivity (Wildman–Crippen MR) is 123 cm³/mol. The molecule has 1 heterocycles. The summed E-state index contributed by atoms with van der Waals surface area (Å²) in [5.74, 6) is 2.13. The average Bonchev–Trinajstić information content (AvgIpc) is 3.02. The number of rotatable bonds is 7. The lowest BCUT2D eigenvalue weighted by molar-refractivity contribution is -0.147. The van der Waals surface area contributed by atoms with Gasteiger partial charge >= 0.3 is 0 Å². The van der Waals surface area contributed by atoms with Crippen molar-refractivity contribution in [2.24, 2.45) is 23.2 Å². The normalized spacial score (nSPS) is 28.0. The SMILES string of the molecule is Cc1nn(Cc2ccccc2)c(C)c1CNC(=O)CNC(=O)C12CC3CC(CC(C3)C1)C2. The van der Waals surface area contributed by atoms with Gasteiger partial charge in [-0.3, -0.25) is 14.3 Å². The third-order valence-corrected chi connectivity index (χ3v) is 8.10. The second-order valence-electron chi connectivity index (χ2n) is 10.4. The fourth-order valence-electron chi connectivity index (χ4n) is 6.89. The Morgan fingerprint density at radius 1 is 1.00 bits per heavy atom. The molecule has 4 saturated carbocycles. The van der Waals surface area contributed by atoms with Crippen LogP contribution in [-0.4, -0.2) is 28.1 Å². The standard InChI is InChI=1S/C26H34N4O2/c1-17-23(18(2)30(29-17)16-19-6-4-3-5-7-19)14-27-24(31)15-28-25(32)26-11-20-8-21(12-26)10-22(9-20)13-26/h3-7,20-22H,8-16H2,1-2H3,(H,27,31)(H,28,32). The number of aromatic nitrogens is 2. The molecule has 4 aliphatic rings. The van der Waals surface area contributed by atoms with E-state index in [0.29, 0.717) is 13.1 Å². The van der Waals surface area contributed by atoms with Crippen LogP contribution in [-0.2, 0) is 22.7 Å². The first kappa shape index (κ1) is 21.2. The molecule has 4 fully saturated rings. The molecule has 1 aromatic heterocycles. The minimum absolute atomic E-state index is 0.0524. The summed E-state index contributed by atoms with van der Waals surface area (Å²) < 4.78 is 1.99. The van der Waals surface area contributed by atoms with Gasteiger partial charge in [-0.05, 0) is 75.7 Å². The smallest absolute Gasteiger partial charge is 0.239 e. The maximum Gasteiger partial charge on any atom is 0.239 e. The van der Waals surface area contributed by atoms with Crippen molar-refractivity contribution in [2.45, 2.75) is 65.5 Å². The molecule has 2 amide bonds. The minimum atomic E-state index is -0.208. The summed E-state index contributed by atoms with van der Waals surface area (Å²) in [6.45, 7) is 5.21. The molecule has 0 radical (unpaired) electrons. The van der Waals surface area contributed by atoms with Gasteiger partial charge in [-0.1, -0.05) is 30.3 Å². The lowest BCUT2D eigenvalue weighted by Crippen LogP contribution is -2.54. The quantitative estimate of drug-likeness (QED) is 0.700. The fourth-order valence-corrected chi connectivity index (χ4v) is 6.89. The Morgan fingerprint density at radius 3 is 2.25 bits per heavy atom. The molecule has 0 saturated heterocycles. The van der Waals surface area contributed by atoms with Crippen molar-refractivity contribution in [3.63, 3.8) is 0 Å². The molecule has 0 unspecified atom stereocenters. The molecule has 0 aliphatic heterocycles. The van der Waals surface area contributed by atoms with Crippen molar-refractivity contribution >= 4 is 11.8 Å². The van der Waals surface area contributed by atoms with Crippen molar-refractivity contribution in [1.82, 2.24) is 20.4 Å². The molecular formula is C26H34N4O2. The monoisotopic (exact) mass is 434 g/mol. The molecule has 0 spiro atoms. The number of aryl methyl sites for hydroxylation is 1. The van der Waals surface area contributed by atoms with Crippen molar-refractivity contribution in [3.8, 4) is 0 Å². The number of carbonyl (C=O) groups is 2. The Balaban J connectivity index is 1.14. The molecule has 0 atom stereocenters. The molecular weight excluding hydrogens is 400 g/mol. The van der Waals surface area contributed by atoms with Gasteiger partial charge in [0.15, 0.2) is 0 Å². The Labute approximate surface area is 190 Å². The third kappa shape index (κ3) is 4.07. The van der Waals surface area contributed by atoms with Crippen LogP contribution in [0.2, 0.25) is 0 Å². The molecule has 4 aliphatic carbocycles. The van der Waals surface area contributed by atoms with E-state index < -0.39 is 0 Å². The summed E-state index contributed by atoms with van der Waals surface area (Å²) in [7, 11) is 0. The van der Waals surface area contributed by atoms with Crippen molar-refractivity contribution in [3.05, 3.63) is 52.8 Å². The lowest BCUT2D eigenvalue weighted by Gasteiger charge is -2.55. The van der Waals surface area contributed by atoms with Crippen molar-refractivity contribution in [1.29, 1.82) is 0 Å². The van der Waals surface area contributed by atoms with E-state index in [4.69, 9.17) is 0 Å². The summed E-state index contributed by atoms with van der Waals surface area (Å²) in [4.78, 5) is 25.6. The van der Waals surface area contributed by atoms with E-state index >= 15 is 0 Å². The van der Waals surface area contributed by atoms with E-state index in [2.05, 4.69) is 27.9 Å². The zero-order valence-corrected chi connectivity index (χ0v) is 19.2. The predicted octanol–water partition coefficient (Wildman–Crippen LogP) is 3.50. The van der Waals surface area contributed by atoms with Gasteiger partial charge < -0.3 is 10.6 Å². The van der Waals surface area contributed by atoms with Gasteiger partial charge in [-0.15, -0.1) is 0 Å². The van der Waals surface area contributed by atoms with Gasteiger partial charge in [0.2, 0.25) is 11.8 Å². The number of hydrogen-bond acceptors (Lipinski definition) is 3. The van der Waals surface area contributed by atoms with Gasteiger partial charge in [-0.25, -0.2) is 0 Å². The van der Waals surface area contributed by atoms with E-state index in [9.17, 15) is 9.59 Å². The highest BCUT2D eigenvalue weighted by Crippen LogP contribution is 2.60. The van der Waals surface area contributed by atoms with Crippen molar-refractivity contribution < 1.29 is 9.59 Å². The van der Waals surface area contributed by atoms with Crippen LogP contribution < -0.4 is 10.6 Å². The van der Waals surface area contributed by atoms with Crippen LogP contribution in [0.25, 0.3) is 0 Å². The maximum absolute atomic E-state index is 13.1. The molecule has 170 valence electrons. The number of nitrogens with zero attached hydrogens (tertiary/aromatic N) is 2. The molecule has 4 bridgehead atoms. The molecule has 6 heteroatoms. The highest BCUT2D eigenvalue weighted by atomic mass is 16.2. The third-order valence-electron chi connectivity index (χ3n) is 8.10. The Hall–Kier alpha value is -2.63. The zero-order valence-electron chi connectivity index (χ0n) is 19.2. The zero-order chi connectivity index (χ0) is 22.3. The first-order valence-corrected chi connectivity index (χ1v) is 12.0. The molecule has 6 rings (SSSR count). The van der Waals surface area contributed by atoms with Crippen LogP contribution >= 0.6 is 0 Å². The van der Waals surface area contributed by atoms with Crippen LogP contribution in [0.15, 0.2) is 30.3 Å². The largest absolute Gasteiger partial charge is 0.350 e. The Morgan fingerprint density at radius 2 is 1.62 bits per heavy atom. The number of nitrogens with one attached hydrogen (secondary N) is 2. The van der Waals surface area contributed by atoms with E-state index in [1.54, 1.807) is 0 Å². The number of hydrogen-bond donors (Lipinski definition) is 2. The van der Waals surface area contributed by atoms with Gasteiger partial charge in [0, 0.05) is 23.2 Å². The van der Waals surface area contributed by atoms with Gasteiger partial charge in [0.25, 0.3) is 0 Å². The number of benzene rings is 1. The van der Waals surface area contributed by atoms with Crippen molar-refractivity contribution in [2.75, 3.05) is 6.54 Å². The number of carbonyl (C=O) groups excluding carboxylic acids is 2. The summed E-state index contributed by atoms with van der Waals surface area (Å²) in [5, 5.41) is 10.6. The van der Waals surface area contributed by atoms with Crippen LogP contribution in [0.4, 0.5) is 0 Å². The summed E-state index contributed by atoms with van der Waals surface area (Å²) in [5.41, 5.74) is 4.02. The molecule has 6 nitrogen and oxygen atoms in total. The van der Waals surface area contributed by atoms with Gasteiger partial charge in [0.1, 0.15) is 0 Å². The Kier molecular flexibility index (Phi) is 5.56. The minimum Gasteiger partial charge on any atom is -0.350 e. The van der Waals surface area contributed by atoms with E-state index in [-0.39, 0.29) is 23.8 Å². The van der Waals surface area contributed by atoms with Gasteiger partial charge in [0.05, 0.1) is 18.8 Å². The average molecular weight is 435 g/mol. The molecule has 1 aromatic carbocycles. The van der Waals surface area contributed by atoms with E-state index in [1.165, 1.54) is 24.8 Å². The van der Waals surface area contributed by atoms with Crippen LogP contribution in [0.1, 0.15) is 61.0 Å². The van der Waals surface area contributed by atoms with Crippen LogP contribution in [0, 0.1) is 37.0 Å². The molecule has 2 N–H and O–H groups in total. The van der Waals surface area contributed by atoms with Gasteiger partial charge in [-0.2, -0.15) is 5.10 Å². The highest BCUT2D eigenvalue weighted by Gasteiger charge is 2.54. The first-order chi connectivity index (χ1) is 15.4. The second-order valence-corrected chi connectivity index (χ2v) is 10.4. The van der Waals surface area contributed by atoms with E-state index in [1.807, 2.05) is 36.7 Å². The van der Waals surface area contributed by atoms with Crippen LogP contribution in [0.3, 0.4) is 0 Å². The van der Waals surface area contributed by atoms with E-state index in [0.717, 1.165) is 54.0 Å². The second kappa shape index (κ2) is 8.38. The number of amides is 2. The summed E-state index contributed by atoms with van der Waals surface area (Å²) in [6.07, 6.45) is 6.99. The highest BCUT2D eigenvalue weighted by molar-refractivity contribution is 5.88.